The molecule has 0 unspecified atom stereocenters. The van der Waals surface area contributed by atoms with Crippen LogP contribution in [0.1, 0.15) is 11.7 Å². The summed E-state index contributed by atoms with van der Waals surface area (Å²) in [6.07, 6.45) is 3.06. The lowest BCUT2D eigenvalue weighted by molar-refractivity contribution is -0.0226. The largest absolute Gasteiger partial charge is 0.458 e. The molecule has 2 aliphatic rings. The van der Waals surface area contributed by atoms with Gasteiger partial charge in [0, 0.05) is 18.7 Å². The number of aromatic nitrogens is 2. The highest BCUT2D eigenvalue weighted by Crippen LogP contribution is 2.38. The van der Waals surface area contributed by atoms with Crippen LogP contribution in [0.3, 0.4) is 0 Å². The molecule has 2 aliphatic heterocycles. The Morgan fingerprint density at radius 2 is 1.96 bits per heavy atom. The highest BCUT2D eigenvalue weighted by atomic mass is 16.6. The smallest absolute Gasteiger partial charge is 0.195 e. The molecule has 8 nitrogen and oxygen atoms in total. The van der Waals surface area contributed by atoms with E-state index in [4.69, 9.17) is 9.15 Å². The lowest BCUT2D eigenvalue weighted by atomic mass is 10.0. The monoisotopic (exact) mass is 319 g/mol. The first-order valence-electron chi connectivity index (χ1n) is 7.45. The van der Waals surface area contributed by atoms with Crippen molar-refractivity contribution in [1.82, 2.24) is 9.97 Å². The second-order valence-corrected chi connectivity index (χ2v) is 5.70. The standard InChI is InChI=1S/C15H17N3O5/c19-5-9-11(20)12(21)13(23-9)8-6-22-14-10(8)16-7-17-15(14)18-3-1-2-4-18/h1-2,6-7,9,11-13,19-21H,3-5H2/t9-,11-,12-,13+/m1/s1. The van der Waals surface area contributed by atoms with Crippen LogP contribution in [0.4, 0.5) is 5.82 Å². The van der Waals surface area contributed by atoms with Crippen molar-refractivity contribution >= 4 is 16.9 Å². The highest BCUT2D eigenvalue weighted by molar-refractivity contribution is 5.87. The van der Waals surface area contributed by atoms with Crippen LogP contribution in [0.5, 0.6) is 0 Å². The maximum absolute atomic E-state index is 10.2. The zero-order valence-corrected chi connectivity index (χ0v) is 12.2. The van der Waals surface area contributed by atoms with Gasteiger partial charge in [-0.1, -0.05) is 12.2 Å². The Morgan fingerprint density at radius 3 is 2.65 bits per heavy atom. The predicted octanol–water partition coefficient (Wildman–Crippen LogP) is -0.247. The van der Waals surface area contributed by atoms with Gasteiger partial charge in [-0.2, -0.15) is 0 Å². The van der Waals surface area contributed by atoms with Gasteiger partial charge in [-0.3, -0.25) is 0 Å². The number of nitrogens with zero attached hydrogens (tertiary/aromatic N) is 3. The molecule has 2 aromatic rings. The number of fused-ring (bicyclic) bond motifs is 1. The Morgan fingerprint density at radius 1 is 1.17 bits per heavy atom. The van der Waals surface area contributed by atoms with Crippen molar-refractivity contribution in [1.29, 1.82) is 0 Å². The van der Waals surface area contributed by atoms with Crippen molar-refractivity contribution < 1.29 is 24.5 Å². The predicted molar refractivity (Wildman–Crippen MR) is 79.9 cm³/mol. The lowest BCUT2D eigenvalue weighted by Crippen LogP contribution is -2.32. The molecule has 0 bridgehead atoms. The van der Waals surface area contributed by atoms with Gasteiger partial charge in [0.1, 0.15) is 36.3 Å². The van der Waals surface area contributed by atoms with E-state index in [0.717, 1.165) is 13.1 Å². The molecular formula is C15H17N3O5. The van der Waals surface area contributed by atoms with Crippen LogP contribution in [0.25, 0.3) is 11.1 Å². The molecule has 0 radical (unpaired) electrons. The first kappa shape index (κ1) is 14.6. The summed E-state index contributed by atoms with van der Waals surface area (Å²) in [7, 11) is 0. The number of hydrogen-bond donors (Lipinski definition) is 3. The van der Waals surface area contributed by atoms with Crippen molar-refractivity contribution in [3.05, 3.63) is 30.3 Å². The summed E-state index contributed by atoms with van der Waals surface area (Å²) in [6.45, 7) is 1.12. The Bertz CT molecular complexity index is 738. The van der Waals surface area contributed by atoms with E-state index >= 15 is 0 Å². The average molecular weight is 319 g/mol. The zero-order valence-electron chi connectivity index (χ0n) is 12.2. The molecule has 4 atom stereocenters. The Labute approximate surface area is 131 Å². The molecule has 0 amide bonds. The molecule has 0 spiro atoms. The molecule has 23 heavy (non-hydrogen) atoms. The molecule has 3 N–H and O–H groups in total. The van der Waals surface area contributed by atoms with Crippen molar-refractivity contribution in [3.8, 4) is 0 Å². The van der Waals surface area contributed by atoms with Gasteiger partial charge in [0.15, 0.2) is 11.4 Å². The van der Waals surface area contributed by atoms with Crippen LogP contribution < -0.4 is 4.90 Å². The number of aliphatic hydroxyl groups is 3. The van der Waals surface area contributed by atoms with Gasteiger partial charge < -0.3 is 29.4 Å². The average Bonchev–Trinajstić information content (AvgIpc) is 3.28. The van der Waals surface area contributed by atoms with Gasteiger partial charge in [-0.15, -0.1) is 0 Å². The van der Waals surface area contributed by atoms with Crippen LogP contribution >= 0.6 is 0 Å². The van der Waals surface area contributed by atoms with Crippen LogP contribution in [0, 0.1) is 0 Å². The summed E-state index contributed by atoms with van der Waals surface area (Å²) >= 11 is 0. The van der Waals surface area contributed by atoms with E-state index in [-0.39, 0.29) is 6.61 Å². The quantitative estimate of drug-likeness (QED) is 0.664. The van der Waals surface area contributed by atoms with Gasteiger partial charge in [0.2, 0.25) is 0 Å². The third-order valence-electron chi connectivity index (χ3n) is 4.33. The van der Waals surface area contributed by atoms with Gasteiger partial charge in [-0.25, -0.2) is 9.97 Å². The fraction of sp³-hybridized carbons (Fsp3) is 0.467. The summed E-state index contributed by atoms with van der Waals surface area (Å²) in [6, 6.07) is 0. The molecule has 1 fully saturated rings. The number of ether oxygens (including phenoxy) is 1. The summed E-state index contributed by atoms with van der Waals surface area (Å²) in [5, 5.41) is 29.3. The summed E-state index contributed by atoms with van der Waals surface area (Å²) in [5.41, 5.74) is 1.60. The van der Waals surface area contributed by atoms with Gasteiger partial charge in [0.05, 0.1) is 12.9 Å². The van der Waals surface area contributed by atoms with Gasteiger partial charge >= 0.3 is 0 Å². The van der Waals surface area contributed by atoms with E-state index in [1.165, 1.54) is 12.6 Å². The molecule has 4 heterocycles. The molecule has 8 heteroatoms. The van der Waals surface area contributed by atoms with Crippen LogP contribution in [0.2, 0.25) is 0 Å². The minimum atomic E-state index is -1.15. The molecule has 0 aromatic carbocycles. The molecule has 4 rings (SSSR count). The zero-order chi connectivity index (χ0) is 16.0. The van der Waals surface area contributed by atoms with Crippen molar-refractivity contribution in [2.24, 2.45) is 0 Å². The number of furan rings is 1. The molecular weight excluding hydrogens is 302 g/mol. The summed E-state index contributed by atoms with van der Waals surface area (Å²) in [4.78, 5) is 10.6. The normalized spacial score (nSPS) is 30.7. The molecule has 0 aliphatic carbocycles. The number of rotatable bonds is 3. The van der Waals surface area contributed by atoms with E-state index in [0.29, 0.717) is 22.5 Å². The van der Waals surface area contributed by atoms with Gasteiger partial charge in [-0.05, 0) is 0 Å². The first-order chi connectivity index (χ1) is 11.2. The lowest BCUT2D eigenvalue weighted by Gasteiger charge is -2.16. The summed E-state index contributed by atoms with van der Waals surface area (Å²) < 4.78 is 11.2. The van der Waals surface area contributed by atoms with E-state index in [1.807, 2.05) is 17.1 Å². The first-order valence-corrected chi connectivity index (χ1v) is 7.45. The van der Waals surface area contributed by atoms with E-state index in [2.05, 4.69) is 9.97 Å². The Balaban J connectivity index is 1.73. The Hall–Kier alpha value is -2.00. The van der Waals surface area contributed by atoms with E-state index in [9.17, 15) is 15.3 Å². The van der Waals surface area contributed by atoms with E-state index in [1.54, 1.807) is 0 Å². The van der Waals surface area contributed by atoms with Crippen LogP contribution in [0.15, 0.2) is 29.2 Å². The fourth-order valence-electron chi connectivity index (χ4n) is 3.09. The minimum absolute atomic E-state index is 0.371. The van der Waals surface area contributed by atoms with E-state index < -0.39 is 24.4 Å². The number of anilines is 1. The number of aliphatic hydroxyl groups excluding tert-OH is 3. The fourth-order valence-corrected chi connectivity index (χ4v) is 3.09. The van der Waals surface area contributed by atoms with Crippen molar-refractivity contribution in [2.45, 2.75) is 24.4 Å². The number of hydrogen-bond acceptors (Lipinski definition) is 8. The van der Waals surface area contributed by atoms with Crippen molar-refractivity contribution in [2.75, 3.05) is 24.6 Å². The molecule has 122 valence electrons. The highest BCUT2D eigenvalue weighted by Gasteiger charge is 2.44. The van der Waals surface area contributed by atoms with Crippen molar-refractivity contribution in [3.63, 3.8) is 0 Å². The maximum Gasteiger partial charge on any atom is 0.195 e. The SMILES string of the molecule is OC[C@H]1O[C@@H](c2coc3c(N4CC=CC4)ncnc23)[C@H](O)[C@@H]1O. The third kappa shape index (κ3) is 2.22. The minimum Gasteiger partial charge on any atom is -0.458 e. The second kappa shape index (κ2) is 5.57. The molecule has 1 saturated heterocycles. The molecule has 0 saturated carbocycles. The topological polar surface area (TPSA) is 112 Å². The second-order valence-electron chi connectivity index (χ2n) is 5.70. The van der Waals surface area contributed by atoms with Gasteiger partial charge in [0.25, 0.3) is 0 Å². The third-order valence-corrected chi connectivity index (χ3v) is 4.33. The van der Waals surface area contributed by atoms with Crippen LogP contribution in [-0.2, 0) is 4.74 Å². The Kier molecular flexibility index (Phi) is 3.53. The van der Waals surface area contributed by atoms with Crippen LogP contribution in [-0.4, -0.2) is 63.3 Å². The summed E-state index contributed by atoms with van der Waals surface area (Å²) in [5.74, 6) is 0.679. The maximum atomic E-state index is 10.2. The molecule has 2 aromatic heterocycles.